The third kappa shape index (κ3) is 2.22. The van der Waals surface area contributed by atoms with Crippen LogP contribution < -0.4 is 11.1 Å². The van der Waals surface area contributed by atoms with Gasteiger partial charge in [-0.3, -0.25) is 0 Å². The van der Waals surface area contributed by atoms with Crippen molar-refractivity contribution in [2.24, 2.45) is 0 Å². The van der Waals surface area contributed by atoms with Gasteiger partial charge in [0, 0.05) is 29.6 Å². The Morgan fingerprint density at radius 2 is 1.86 bits per heavy atom. The lowest BCUT2D eigenvalue weighted by atomic mass is 9.93. The number of hydrogen-bond acceptors (Lipinski definition) is 7. The van der Waals surface area contributed by atoms with E-state index in [1.165, 1.54) is 0 Å². The van der Waals surface area contributed by atoms with Crippen LogP contribution in [0.3, 0.4) is 0 Å². The minimum Gasteiger partial charge on any atom is -0.390 e. The van der Waals surface area contributed by atoms with Crippen LogP contribution in [0.25, 0.3) is 22.4 Å². The van der Waals surface area contributed by atoms with E-state index in [1.54, 1.807) is 15.2 Å². The Kier molecular flexibility index (Phi) is 2.94. The highest BCUT2D eigenvalue weighted by Gasteiger charge is 2.53. The van der Waals surface area contributed by atoms with Crippen molar-refractivity contribution in [2.45, 2.75) is 43.2 Å². The summed E-state index contributed by atoms with van der Waals surface area (Å²) >= 11 is 0. The maximum absolute atomic E-state index is 10.5. The number of anilines is 2. The zero-order chi connectivity index (χ0) is 18.9. The summed E-state index contributed by atoms with van der Waals surface area (Å²) < 4.78 is 3.46. The summed E-state index contributed by atoms with van der Waals surface area (Å²) in [4.78, 5) is 9.16. The van der Waals surface area contributed by atoms with Gasteiger partial charge in [-0.1, -0.05) is 0 Å². The van der Waals surface area contributed by atoms with Gasteiger partial charge in [0.05, 0.1) is 17.5 Å². The Bertz CT molecular complexity index is 1220. The van der Waals surface area contributed by atoms with Crippen LogP contribution in [-0.2, 0) is 0 Å². The Labute approximate surface area is 160 Å². The van der Waals surface area contributed by atoms with Gasteiger partial charge in [-0.2, -0.15) is 10.1 Å². The minimum atomic E-state index is -0.527. The first kappa shape index (κ1) is 15.8. The Balaban J connectivity index is 1.40. The maximum atomic E-state index is 10.5. The lowest BCUT2D eigenvalue weighted by molar-refractivity contribution is 0.0521. The van der Waals surface area contributed by atoms with Crippen molar-refractivity contribution in [3.8, 4) is 11.3 Å². The van der Waals surface area contributed by atoms with E-state index in [0.717, 1.165) is 54.5 Å². The molecule has 2 fully saturated rings. The first-order chi connectivity index (χ1) is 13.5. The fourth-order valence-corrected chi connectivity index (χ4v) is 4.86. The average Bonchev–Trinajstić information content (AvgIpc) is 3.42. The Morgan fingerprint density at radius 3 is 2.64 bits per heavy atom. The van der Waals surface area contributed by atoms with E-state index in [2.05, 4.69) is 25.5 Å². The van der Waals surface area contributed by atoms with Crippen LogP contribution in [0.5, 0.6) is 0 Å². The molecule has 0 unspecified atom stereocenters. The van der Waals surface area contributed by atoms with Gasteiger partial charge in [-0.15, -0.1) is 5.10 Å². The normalized spacial score (nSPS) is 26.5. The summed E-state index contributed by atoms with van der Waals surface area (Å²) in [7, 11) is 0. The molecule has 2 aliphatic rings. The van der Waals surface area contributed by atoms with E-state index in [1.807, 2.05) is 30.6 Å². The van der Waals surface area contributed by atoms with Crippen LogP contribution in [0, 0.1) is 0 Å². The molecule has 28 heavy (non-hydrogen) atoms. The summed E-state index contributed by atoms with van der Waals surface area (Å²) in [5.41, 5.74) is 8.84. The van der Waals surface area contributed by atoms with Crippen LogP contribution >= 0.6 is 0 Å². The van der Waals surface area contributed by atoms with Crippen LogP contribution in [0.1, 0.15) is 32.1 Å². The van der Waals surface area contributed by atoms with Crippen molar-refractivity contribution >= 4 is 22.9 Å². The Hall–Kier alpha value is -3.20. The second-order valence-corrected chi connectivity index (χ2v) is 8.10. The highest BCUT2D eigenvalue weighted by Crippen LogP contribution is 2.51. The summed E-state index contributed by atoms with van der Waals surface area (Å²) in [6.45, 7) is 0. The molecule has 0 radical (unpaired) electrons. The molecule has 4 aromatic heterocycles. The average molecular weight is 376 g/mol. The van der Waals surface area contributed by atoms with Crippen LogP contribution in [0.4, 0.5) is 11.8 Å². The SMILES string of the molecule is Nc1nc(NC23CCC(O)(CC2)C3)nn2ccc(-c3ccn4nccc4n3)c12. The summed E-state index contributed by atoms with van der Waals surface area (Å²) in [6.07, 6.45) is 9.71. The second kappa shape index (κ2) is 5.20. The summed E-state index contributed by atoms with van der Waals surface area (Å²) in [5, 5.41) is 22.7. The van der Waals surface area contributed by atoms with Gasteiger partial charge in [-0.25, -0.2) is 14.0 Å². The standard InChI is InChI=1S/C19H20N8O/c20-16-15-12(13-3-10-26-14(22-13)1-8-21-26)2-9-27(15)25-17(23-16)24-18-4-6-19(28,11-18)7-5-18/h1-3,8-10,28H,4-7,11H2,(H3,20,23,24,25). The van der Waals surface area contributed by atoms with E-state index in [4.69, 9.17) is 5.73 Å². The molecule has 0 aliphatic heterocycles. The van der Waals surface area contributed by atoms with E-state index >= 15 is 0 Å². The van der Waals surface area contributed by atoms with Gasteiger partial charge >= 0.3 is 0 Å². The number of nitrogen functional groups attached to an aromatic ring is 1. The van der Waals surface area contributed by atoms with Crippen molar-refractivity contribution in [1.82, 2.24) is 29.2 Å². The summed E-state index contributed by atoms with van der Waals surface area (Å²) in [6, 6.07) is 5.70. The lowest BCUT2D eigenvalue weighted by Gasteiger charge is -2.27. The number of fused-ring (bicyclic) bond motifs is 4. The number of aliphatic hydroxyl groups is 1. The van der Waals surface area contributed by atoms with Crippen molar-refractivity contribution in [2.75, 3.05) is 11.1 Å². The highest BCUT2D eigenvalue weighted by atomic mass is 16.3. The van der Waals surface area contributed by atoms with Gasteiger partial charge in [0.2, 0.25) is 5.95 Å². The van der Waals surface area contributed by atoms with Crippen LogP contribution in [-0.4, -0.2) is 45.4 Å². The van der Waals surface area contributed by atoms with Gasteiger partial charge in [0.15, 0.2) is 11.5 Å². The number of rotatable bonds is 3. The monoisotopic (exact) mass is 376 g/mol. The molecule has 0 atom stereocenters. The maximum Gasteiger partial charge on any atom is 0.243 e. The van der Waals surface area contributed by atoms with Gasteiger partial charge in [0.1, 0.15) is 5.52 Å². The molecular formula is C19H20N8O. The number of nitrogens with two attached hydrogens (primary N) is 1. The topological polar surface area (TPSA) is 119 Å². The fourth-order valence-electron chi connectivity index (χ4n) is 4.86. The molecule has 9 nitrogen and oxygen atoms in total. The zero-order valence-electron chi connectivity index (χ0n) is 15.2. The molecule has 6 rings (SSSR count). The first-order valence-electron chi connectivity index (χ1n) is 9.49. The van der Waals surface area contributed by atoms with E-state index < -0.39 is 5.60 Å². The Morgan fingerprint density at radius 1 is 1.04 bits per heavy atom. The predicted molar refractivity (Wildman–Crippen MR) is 104 cm³/mol. The van der Waals surface area contributed by atoms with Crippen molar-refractivity contribution in [1.29, 1.82) is 0 Å². The van der Waals surface area contributed by atoms with Crippen LogP contribution in [0.2, 0.25) is 0 Å². The molecular weight excluding hydrogens is 356 g/mol. The molecule has 0 aromatic carbocycles. The third-order valence-corrected chi connectivity index (χ3v) is 6.25. The fraction of sp³-hybridized carbons (Fsp3) is 0.368. The molecule has 4 heterocycles. The summed E-state index contributed by atoms with van der Waals surface area (Å²) in [5.74, 6) is 0.896. The molecule has 9 heteroatoms. The lowest BCUT2D eigenvalue weighted by Crippen LogP contribution is -2.34. The van der Waals surface area contributed by atoms with Gasteiger partial charge in [-0.05, 0) is 44.2 Å². The number of hydrogen-bond donors (Lipinski definition) is 3. The molecule has 2 bridgehead atoms. The van der Waals surface area contributed by atoms with Crippen molar-refractivity contribution < 1.29 is 5.11 Å². The third-order valence-electron chi connectivity index (χ3n) is 6.25. The van der Waals surface area contributed by atoms with E-state index in [9.17, 15) is 5.11 Å². The second-order valence-electron chi connectivity index (χ2n) is 8.10. The minimum absolute atomic E-state index is 0.126. The largest absolute Gasteiger partial charge is 0.390 e. The number of aromatic nitrogens is 6. The molecule has 2 aliphatic carbocycles. The van der Waals surface area contributed by atoms with Crippen molar-refractivity contribution in [3.63, 3.8) is 0 Å². The molecule has 0 spiro atoms. The predicted octanol–water partition coefficient (Wildman–Crippen LogP) is 1.88. The molecule has 142 valence electrons. The van der Waals surface area contributed by atoms with Crippen molar-refractivity contribution in [3.05, 3.63) is 36.8 Å². The van der Waals surface area contributed by atoms with E-state index in [0.29, 0.717) is 11.8 Å². The molecule has 4 N–H and O–H groups in total. The van der Waals surface area contributed by atoms with Gasteiger partial charge in [0.25, 0.3) is 0 Å². The van der Waals surface area contributed by atoms with Crippen LogP contribution in [0.15, 0.2) is 36.8 Å². The zero-order valence-corrected chi connectivity index (χ0v) is 15.2. The molecule has 0 saturated heterocycles. The van der Waals surface area contributed by atoms with Gasteiger partial charge < -0.3 is 16.2 Å². The quantitative estimate of drug-likeness (QED) is 0.499. The molecule has 4 aromatic rings. The smallest absolute Gasteiger partial charge is 0.243 e. The highest BCUT2D eigenvalue weighted by molar-refractivity contribution is 5.86. The number of nitrogens with one attached hydrogen (secondary N) is 1. The van der Waals surface area contributed by atoms with E-state index in [-0.39, 0.29) is 5.54 Å². The molecule has 2 saturated carbocycles. The molecule has 0 amide bonds. The number of nitrogens with zero attached hydrogens (tertiary/aromatic N) is 6. The first-order valence-corrected chi connectivity index (χ1v) is 9.49.